The number of hydrogen-bond acceptors (Lipinski definition) is 5. The predicted molar refractivity (Wildman–Crippen MR) is 67.6 cm³/mol. The lowest BCUT2D eigenvalue weighted by atomic mass is 10.2. The third-order valence-corrected chi connectivity index (χ3v) is 2.56. The fraction of sp³-hybridized carbons (Fsp3) is 0.615. The van der Waals surface area contributed by atoms with Crippen LogP contribution in [0.3, 0.4) is 0 Å². The topological polar surface area (TPSA) is 60.7 Å². The van der Waals surface area contributed by atoms with Gasteiger partial charge in [0.05, 0.1) is 13.2 Å². The van der Waals surface area contributed by atoms with Crippen LogP contribution in [0.5, 0.6) is 0 Å². The summed E-state index contributed by atoms with van der Waals surface area (Å²) in [7, 11) is 1.33. The van der Waals surface area contributed by atoms with E-state index >= 15 is 0 Å². The van der Waals surface area contributed by atoms with Crippen LogP contribution >= 0.6 is 0 Å². The number of methoxy groups -OCH3 is 1. The minimum atomic E-state index is -0.454. The predicted octanol–water partition coefficient (Wildman–Crippen LogP) is 2.14. The van der Waals surface area contributed by atoms with Gasteiger partial charge in [-0.1, -0.05) is 0 Å². The molecule has 1 unspecified atom stereocenters. The highest BCUT2D eigenvalue weighted by molar-refractivity contribution is 5.86. The fourth-order valence-corrected chi connectivity index (χ4v) is 1.53. The first-order valence-electron chi connectivity index (χ1n) is 6.18. The van der Waals surface area contributed by atoms with E-state index in [1.807, 2.05) is 13.8 Å². The first kappa shape index (κ1) is 14.7. The van der Waals surface area contributed by atoms with Crippen LogP contribution in [-0.4, -0.2) is 32.8 Å². The molecule has 1 N–H and O–H groups in total. The van der Waals surface area contributed by atoms with Crippen molar-refractivity contribution in [1.29, 1.82) is 0 Å². The van der Waals surface area contributed by atoms with Crippen LogP contribution in [0.1, 0.15) is 42.6 Å². The number of nitrogens with one attached hydrogen (secondary N) is 1. The standard InChI is InChI=1S/C13H21NO4/c1-4-17-9-5-8-14-10(2)11-6-7-12(18-11)13(15)16-3/h6-7,10,14H,4-5,8-9H2,1-3H3. The number of furan rings is 1. The molecule has 0 bridgehead atoms. The highest BCUT2D eigenvalue weighted by atomic mass is 16.5. The van der Waals surface area contributed by atoms with Crippen molar-refractivity contribution in [3.8, 4) is 0 Å². The van der Waals surface area contributed by atoms with Crippen LogP contribution < -0.4 is 5.32 Å². The Balaban J connectivity index is 2.35. The molecule has 0 aliphatic carbocycles. The van der Waals surface area contributed by atoms with Gasteiger partial charge in [0.15, 0.2) is 0 Å². The molecule has 5 nitrogen and oxygen atoms in total. The van der Waals surface area contributed by atoms with Gasteiger partial charge in [-0.3, -0.25) is 0 Å². The number of carbonyl (C=O) groups is 1. The Labute approximate surface area is 107 Å². The van der Waals surface area contributed by atoms with Crippen LogP contribution in [0, 0.1) is 0 Å². The van der Waals surface area contributed by atoms with Crippen molar-refractivity contribution in [2.75, 3.05) is 26.9 Å². The van der Waals surface area contributed by atoms with Crippen molar-refractivity contribution in [2.24, 2.45) is 0 Å². The van der Waals surface area contributed by atoms with E-state index in [2.05, 4.69) is 10.1 Å². The SMILES string of the molecule is CCOCCCNC(C)c1ccc(C(=O)OC)o1. The molecule has 0 saturated carbocycles. The zero-order valence-electron chi connectivity index (χ0n) is 11.2. The lowest BCUT2D eigenvalue weighted by molar-refractivity contribution is 0.0562. The van der Waals surface area contributed by atoms with E-state index in [1.165, 1.54) is 7.11 Å². The van der Waals surface area contributed by atoms with Crippen LogP contribution in [0.15, 0.2) is 16.5 Å². The minimum absolute atomic E-state index is 0.0602. The van der Waals surface area contributed by atoms with Crippen LogP contribution in [-0.2, 0) is 9.47 Å². The van der Waals surface area contributed by atoms with Gasteiger partial charge in [-0.25, -0.2) is 4.79 Å². The van der Waals surface area contributed by atoms with Gasteiger partial charge in [0.1, 0.15) is 5.76 Å². The second kappa shape index (κ2) is 7.89. The highest BCUT2D eigenvalue weighted by Gasteiger charge is 2.14. The van der Waals surface area contributed by atoms with Gasteiger partial charge in [-0.15, -0.1) is 0 Å². The summed E-state index contributed by atoms with van der Waals surface area (Å²) in [6.45, 7) is 6.31. The maximum Gasteiger partial charge on any atom is 0.373 e. The van der Waals surface area contributed by atoms with E-state index in [0.29, 0.717) is 0 Å². The van der Waals surface area contributed by atoms with Gasteiger partial charge in [-0.05, 0) is 38.9 Å². The first-order chi connectivity index (χ1) is 8.69. The summed E-state index contributed by atoms with van der Waals surface area (Å²) in [6.07, 6.45) is 0.947. The molecule has 5 heteroatoms. The molecule has 1 atom stereocenters. The number of ether oxygens (including phenoxy) is 2. The zero-order valence-corrected chi connectivity index (χ0v) is 11.2. The summed E-state index contributed by atoms with van der Waals surface area (Å²) in [6, 6.07) is 3.47. The average molecular weight is 255 g/mol. The zero-order chi connectivity index (χ0) is 13.4. The second-order valence-corrected chi connectivity index (χ2v) is 3.92. The van der Waals surface area contributed by atoms with Gasteiger partial charge in [0.25, 0.3) is 0 Å². The molecule has 0 radical (unpaired) electrons. The molecule has 0 aliphatic heterocycles. The number of carbonyl (C=O) groups excluding carboxylic acids is 1. The van der Waals surface area contributed by atoms with E-state index in [1.54, 1.807) is 12.1 Å². The monoisotopic (exact) mass is 255 g/mol. The van der Waals surface area contributed by atoms with Crippen molar-refractivity contribution >= 4 is 5.97 Å². The van der Waals surface area contributed by atoms with Crippen molar-refractivity contribution in [1.82, 2.24) is 5.32 Å². The quantitative estimate of drug-likeness (QED) is 0.569. The van der Waals surface area contributed by atoms with Crippen molar-refractivity contribution < 1.29 is 18.7 Å². The molecule has 0 aromatic carbocycles. The average Bonchev–Trinajstić information content (AvgIpc) is 2.87. The maximum absolute atomic E-state index is 11.2. The highest BCUT2D eigenvalue weighted by Crippen LogP contribution is 2.16. The molecule has 1 aromatic rings. The van der Waals surface area contributed by atoms with Gasteiger partial charge >= 0.3 is 5.97 Å². The Hall–Kier alpha value is -1.33. The lowest BCUT2D eigenvalue weighted by Crippen LogP contribution is -2.20. The van der Waals surface area contributed by atoms with E-state index in [0.717, 1.165) is 31.9 Å². The summed E-state index contributed by atoms with van der Waals surface area (Å²) >= 11 is 0. The minimum Gasteiger partial charge on any atom is -0.463 e. The van der Waals surface area contributed by atoms with E-state index < -0.39 is 5.97 Å². The number of hydrogen-bond donors (Lipinski definition) is 1. The molecular weight excluding hydrogens is 234 g/mol. The normalized spacial score (nSPS) is 12.4. The molecule has 1 aromatic heterocycles. The van der Waals surface area contributed by atoms with Crippen LogP contribution in [0.4, 0.5) is 0 Å². The molecule has 1 rings (SSSR count). The van der Waals surface area contributed by atoms with Crippen molar-refractivity contribution in [3.63, 3.8) is 0 Å². The van der Waals surface area contributed by atoms with E-state index in [4.69, 9.17) is 9.15 Å². The van der Waals surface area contributed by atoms with Crippen LogP contribution in [0.25, 0.3) is 0 Å². The molecular formula is C13H21NO4. The summed E-state index contributed by atoms with van der Waals surface area (Å²) in [4.78, 5) is 11.2. The van der Waals surface area contributed by atoms with Gasteiger partial charge in [-0.2, -0.15) is 0 Å². The first-order valence-corrected chi connectivity index (χ1v) is 6.18. The number of esters is 1. The Morgan fingerprint density at radius 1 is 1.50 bits per heavy atom. The largest absolute Gasteiger partial charge is 0.463 e. The van der Waals surface area contributed by atoms with Gasteiger partial charge in [0, 0.05) is 13.2 Å². The summed E-state index contributed by atoms with van der Waals surface area (Å²) < 4.78 is 15.2. The van der Waals surface area contributed by atoms with E-state index in [9.17, 15) is 4.79 Å². The number of rotatable bonds is 8. The summed E-state index contributed by atoms with van der Waals surface area (Å²) in [5.41, 5.74) is 0. The summed E-state index contributed by atoms with van der Waals surface area (Å²) in [5.74, 6) is 0.507. The molecule has 0 saturated heterocycles. The Kier molecular flexibility index (Phi) is 6.46. The summed E-state index contributed by atoms with van der Waals surface area (Å²) in [5, 5.41) is 3.30. The lowest BCUT2D eigenvalue weighted by Gasteiger charge is -2.11. The Bertz CT molecular complexity index is 362. The molecule has 0 spiro atoms. The second-order valence-electron chi connectivity index (χ2n) is 3.92. The van der Waals surface area contributed by atoms with Gasteiger partial charge < -0.3 is 19.2 Å². The maximum atomic E-state index is 11.2. The molecule has 102 valence electrons. The Morgan fingerprint density at radius 3 is 2.94 bits per heavy atom. The molecule has 18 heavy (non-hydrogen) atoms. The van der Waals surface area contributed by atoms with E-state index in [-0.39, 0.29) is 11.8 Å². The molecule has 1 heterocycles. The van der Waals surface area contributed by atoms with Gasteiger partial charge in [0.2, 0.25) is 5.76 Å². The molecule has 0 aliphatic rings. The third kappa shape index (κ3) is 4.50. The Morgan fingerprint density at radius 2 is 2.28 bits per heavy atom. The van der Waals surface area contributed by atoms with Crippen molar-refractivity contribution in [2.45, 2.75) is 26.3 Å². The van der Waals surface area contributed by atoms with Crippen molar-refractivity contribution in [3.05, 3.63) is 23.7 Å². The third-order valence-electron chi connectivity index (χ3n) is 2.56. The molecule has 0 fully saturated rings. The fourth-order valence-electron chi connectivity index (χ4n) is 1.53. The van der Waals surface area contributed by atoms with Crippen LogP contribution in [0.2, 0.25) is 0 Å². The smallest absolute Gasteiger partial charge is 0.373 e. The molecule has 0 amide bonds.